The molecule has 0 fully saturated rings. The number of hydrogen-bond acceptors (Lipinski definition) is 4. The minimum atomic E-state index is 0.743. The van der Waals surface area contributed by atoms with E-state index in [9.17, 15) is 0 Å². The molecule has 0 bridgehead atoms. The molecule has 5 heteroatoms. The largest absolute Gasteiger partial charge is 0.365 e. The third kappa shape index (κ3) is 2.93. The lowest BCUT2D eigenvalue weighted by Crippen LogP contribution is -2.05. The molecule has 1 aromatic carbocycles. The lowest BCUT2D eigenvalue weighted by atomic mass is 9.97. The number of nitrogens with zero attached hydrogens (tertiary/aromatic N) is 2. The van der Waals surface area contributed by atoms with Crippen molar-refractivity contribution in [3.63, 3.8) is 0 Å². The fraction of sp³-hybridized carbons (Fsp3) is 0.333. The molecule has 0 saturated heterocycles. The molecule has 0 saturated carbocycles. The van der Waals surface area contributed by atoms with Crippen LogP contribution in [0.2, 0.25) is 5.02 Å². The number of rotatable bonds is 3. The lowest BCUT2D eigenvalue weighted by molar-refractivity contribution is 0.700. The number of thiophene rings is 1. The van der Waals surface area contributed by atoms with E-state index in [0.717, 1.165) is 34.5 Å². The van der Waals surface area contributed by atoms with Crippen LogP contribution in [0.3, 0.4) is 0 Å². The first kappa shape index (κ1) is 14.9. The Hall–Kier alpha value is -1.65. The molecule has 0 radical (unpaired) electrons. The van der Waals surface area contributed by atoms with Crippen LogP contribution < -0.4 is 5.32 Å². The Morgan fingerprint density at radius 2 is 1.91 bits per heavy atom. The van der Waals surface area contributed by atoms with Crippen LogP contribution in [0, 0.1) is 6.92 Å². The number of benzene rings is 1. The number of aromatic nitrogens is 2. The second-order valence-corrected chi connectivity index (χ2v) is 7.51. The molecule has 0 amide bonds. The molecular formula is C18H18ClN3S. The van der Waals surface area contributed by atoms with E-state index in [1.807, 2.05) is 42.5 Å². The van der Waals surface area contributed by atoms with Gasteiger partial charge in [0, 0.05) is 16.4 Å². The summed E-state index contributed by atoms with van der Waals surface area (Å²) in [6.45, 7) is 2.71. The minimum absolute atomic E-state index is 0.743. The topological polar surface area (TPSA) is 37.8 Å². The van der Waals surface area contributed by atoms with Gasteiger partial charge in [0.15, 0.2) is 0 Å². The predicted molar refractivity (Wildman–Crippen MR) is 97.6 cm³/mol. The summed E-state index contributed by atoms with van der Waals surface area (Å²) in [6, 6.07) is 7.94. The number of hydrogen-bond donors (Lipinski definition) is 1. The highest BCUT2D eigenvalue weighted by Gasteiger charge is 2.20. The second kappa shape index (κ2) is 6.10. The molecule has 4 rings (SSSR count). The molecule has 1 aliphatic rings. The minimum Gasteiger partial charge on any atom is -0.365 e. The maximum Gasteiger partial charge on any atom is 0.139 e. The smallest absolute Gasteiger partial charge is 0.139 e. The number of anilines is 1. The zero-order chi connectivity index (χ0) is 15.8. The van der Waals surface area contributed by atoms with Crippen LogP contribution in [0.1, 0.15) is 34.7 Å². The summed E-state index contributed by atoms with van der Waals surface area (Å²) in [5.41, 5.74) is 2.66. The van der Waals surface area contributed by atoms with Gasteiger partial charge < -0.3 is 5.32 Å². The van der Waals surface area contributed by atoms with E-state index in [1.54, 1.807) is 0 Å². The van der Waals surface area contributed by atoms with Crippen molar-refractivity contribution in [3.8, 4) is 0 Å². The fourth-order valence-corrected chi connectivity index (χ4v) is 4.61. The molecule has 2 heterocycles. The van der Waals surface area contributed by atoms with Crippen molar-refractivity contribution in [1.82, 2.24) is 9.97 Å². The Morgan fingerprint density at radius 3 is 2.74 bits per heavy atom. The van der Waals surface area contributed by atoms with Gasteiger partial charge in [0.1, 0.15) is 16.5 Å². The normalized spacial score (nSPS) is 14.0. The lowest BCUT2D eigenvalue weighted by Gasteiger charge is -2.13. The van der Waals surface area contributed by atoms with Crippen LogP contribution in [0.15, 0.2) is 24.3 Å². The zero-order valence-corrected chi connectivity index (χ0v) is 14.6. The van der Waals surface area contributed by atoms with Gasteiger partial charge in [0.25, 0.3) is 0 Å². The fourth-order valence-electron chi connectivity index (χ4n) is 3.18. The molecular weight excluding hydrogens is 326 g/mol. The third-order valence-corrected chi connectivity index (χ3v) is 5.74. The monoisotopic (exact) mass is 343 g/mol. The van der Waals surface area contributed by atoms with Crippen LogP contribution in [0.5, 0.6) is 0 Å². The summed E-state index contributed by atoms with van der Waals surface area (Å²) in [7, 11) is 0. The van der Waals surface area contributed by atoms with Crippen LogP contribution >= 0.6 is 22.9 Å². The van der Waals surface area contributed by atoms with Gasteiger partial charge in [0.2, 0.25) is 0 Å². The number of nitrogens with one attached hydrogen (secondary N) is 1. The van der Waals surface area contributed by atoms with E-state index >= 15 is 0 Å². The average molecular weight is 344 g/mol. The molecule has 2 aromatic heterocycles. The van der Waals surface area contributed by atoms with E-state index in [4.69, 9.17) is 11.6 Å². The van der Waals surface area contributed by atoms with Gasteiger partial charge in [-0.05, 0) is 55.9 Å². The van der Waals surface area contributed by atoms with Gasteiger partial charge in [-0.15, -0.1) is 11.3 Å². The molecule has 0 aliphatic heterocycles. The first-order valence-electron chi connectivity index (χ1n) is 7.98. The predicted octanol–water partition coefficient (Wildman–Crippen LogP) is 5.14. The summed E-state index contributed by atoms with van der Waals surface area (Å²) < 4.78 is 0. The Kier molecular flexibility index (Phi) is 3.95. The molecule has 1 aliphatic carbocycles. The Bertz CT molecular complexity index is 855. The highest BCUT2D eigenvalue weighted by Crippen LogP contribution is 2.38. The van der Waals surface area contributed by atoms with Gasteiger partial charge in [-0.1, -0.05) is 23.7 Å². The van der Waals surface area contributed by atoms with E-state index in [2.05, 4.69) is 15.3 Å². The summed E-state index contributed by atoms with van der Waals surface area (Å²) in [5.74, 6) is 1.80. The van der Waals surface area contributed by atoms with Crippen LogP contribution in [-0.4, -0.2) is 9.97 Å². The second-order valence-electron chi connectivity index (χ2n) is 5.99. The van der Waals surface area contributed by atoms with Crippen LogP contribution in [-0.2, 0) is 19.4 Å². The number of aryl methyl sites for hydroxylation is 3. The quantitative estimate of drug-likeness (QED) is 0.715. The first-order valence-corrected chi connectivity index (χ1v) is 9.17. The van der Waals surface area contributed by atoms with Gasteiger partial charge in [-0.3, -0.25) is 0 Å². The van der Waals surface area contributed by atoms with Crippen LogP contribution in [0.4, 0.5) is 5.82 Å². The van der Waals surface area contributed by atoms with Gasteiger partial charge >= 0.3 is 0 Å². The Labute approximate surface area is 144 Å². The molecule has 0 atom stereocenters. The van der Waals surface area contributed by atoms with Gasteiger partial charge in [0.05, 0.1) is 5.39 Å². The summed E-state index contributed by atoms with van der Waals surface area (Å²) in [6.07, 6.45) is 4.90. The Morgan fingerprint density at radius 1 is 1.13 bits per heavy atom. The standard InChI is InChI=1S/C18H18ClN3S/c1-11-21-17(20-10-12-6-8-13(19)9-7-12)16-14-4-2-3-5-15(14)23-18(16)22-11/h6-9H,2-5,10H2,1H3,(H,20,21,22). The molecule has 118 valence electrons. The maximum absolute atomic E-state index is 5.95. The maximum atomic E-state index is 5.95. The molecule has 1 N–H and O–H groups in total. The van der Waals surface area contributed by atoms with E-state index in [0.29, 0.717) is 0 Å². The summed E-state index contributed by atoms with van der Waals surface area (Å²) in [5, 5.41) is 5.52. The molecule has 0 spiro atoms. The molecule has 3 aromatic rings. The number of halogens is 1. The Balaban J connectivity index is 1.70. The average Bonchev–Trinajstić information content (AvgIpc) is 2.92. The van der Waals surface area contributed by atoms with Crippen molar-refractivity contribution in [3.05, 3.63) is 51.1 Å². The SMILES string of the molecule is Cc1nc(NCc2ccc(Cl)cc2)c2c3c(sc2n1)CCCC3. The van der Waals surface area contributed by atoms with Crippen molar-refractivity contribution >= 4 is 39.0 Å². The highest BCUT2D eigenvalue weighted by atomic mass is 35.5. The third-order valence-electron chi connectivity index (χ3n) is 4.30. The van der Waals surface area contributed by atoms with E-state index in [-0.39, 0.29) is 0 Å². The molecule has 3 nitrogen and oxygen atoms in total. The van der Waals surface area contributed by atoms with Crippen molar-refractivity contribution in [2.24, 2.45) is 0 Å². The highest BCUT2D eigenvalue weighted by molar-refractivity contribution is 7.19. The van der Waals surface area contributed by atoms with Crippen molar-refractivity contribution < 1.29 is 0 Å². The van der Waals surface area contributed by atoms with Crippen molar-refractivity contribution in [1.29, 1.82) is 0 Å². The molecule has 0 unspecified atom stereocenters. The van der Waals surface area contributed by atoms with Gasteiger partial charge in [-0.25, -0.2) is 9.97 Å². The van der Waals surface area contributed by atoms with Gasteiger partial charge in [-0.2, -0.15) is 0 Å². The number of fused-ring (bicyclic) bond motifs is 3. The zero-order valence-electron chi connectivity index (χ0n) is 13.0. The van der Waals surface area contributed by atoms with E-state index < -0.39 is 0 Å². The van der Waals surface area contributed by atoms with Crippen molar-refractivity contribution in [2.75, 3.05) is 5.32 Å². The van der Waals surface area contributed by atoms with Crippen LogP contribution in [0.25, 0.3) is 10.2 Å². The summed E-state index contributed by atoms with van der Waals surface area (Å²) in [4.78, 5) is 12.0. The first-order chi connectivity index (χ1) is 11.2. The summed E-state index contributed by atoms with van der Waals surface area (Å²) >= 11 is 7.80. The van der Waals surface area contributed by atoms with Crippen molar-refractivity contribution in [2.45, 2.75) is 39.2 Å². The van der Waals surface area contributed by atoms with E-state index in [1.165, 1.54) is 40.7 Å². The molecule has 23 heavy (non-hydrogen) atoms.